The van der Waals surface area contributed by atoms with Gasteiger partial charge in [0.05, 0.1) is 12.1 Å². The maximum atomic E-state index is 12.5. The summed E-state index contributed by atoms with van der Waals surface area (Å²) in [4.78, 5) is 26.1. The summed E-state index contributed by atoms with van der Waals surface area (Å²) < 4.78 is 7.19. The molecule has 7 heteroatoms. The number of carboxylic acid groups (broad SMARTS) is 1. The van der Waals surface area contributed by atoms with Gasteiger partial charge in [0.2, 0.25) is 0 Å². The van der Waals surface area contributed by atoms with Crippen LogP contribution in [0, 0.1) is 4.77 Å². The molecule has 1 heterocycles. The third-order valence-corrected chi connectivity index (χ3v) is 4.04. The van der Waals surface area contributed by atoms with Crippen LogP contribution in [0.5, 0.6) is 5.75 Å². The van der Waals surface area contributed by atoms with Crippen molar-refractivity contribution in [3.63, 3.8) is 0 Å². The SMILES string of the molecule is O=C(O)Cc1c[nH]c(=S)n(-c2ccc(OCc3ccccc3)cc2)c1=O. The first-order valence-electron chi connectivity index (χ1n) is 7.87. The molecule has 132 valence electrons. The fourth-order valence-corrected chi connectivity index (χ4v) is 2.71. The van der Waals surface area contributed by atoms with E-state index in [0.717, 1.165) is 5.56 Å². The number of aliphatic carboxylic acids is 1. The Kier molecular flexibility index (Phi) is 5.28. The van der Waals surface area contributed by atoms with Gasteiger partial charge in [0, 0.05) is 11.8 Å². The van der Waals surface area contributed by atoms with Crippen molar-refractivity contribution in [2.24, 2.45) is 0 Å². The van der Waals surface area contributed by atoms with E-state index in [-0.39, 0.29) is 16.8 Å². The lowest BCUT2D eigenvalue weighted by molar-refractivity contribution is -0.136. The predicted octanol–water partition coefficient (Wildman–Crippen LogP) is 3.10. The molecule has 3 rings (SSSR count). The summed E-state index contributed by atoms with van der Waals surface area (Å²) in [6, 6.07) is 16.7. The van der Waals surface area contributed by atoms with Gasteiger partial charge in [-0.1, -0.05) is 30.3 Å². The molecule has 0 fully saturated rings. The third-order valence-electron chi connectivity index (χ3n) is 3.74. The molecule has 6 nitrogen and oxygen atoms in total. The number of ether oxygens (including phenoxy) is 1. The van der Waals surface area contributed by atoms with Crippen LogP contribution in [0.25, 0.3) is 5.69 Å². The highest BCUT2D eigenvalue weighted by atomic mass is 32.1. The molecule has 0 amide bonds. The van der Waals surface area contributed by atoms with Crippen LogP contribution >= 0.6 is 12.2 Å². The van der Waals surface area contributed by atoms with Crippen molar-refractivity contribution in [3.8, 4) is 11.4 Å². The Morgan fingerprint density at radius 3 is 2.46 bits per heavy atom. The molecule has 0 atom stereocenters. The van der Waals surface area contributed by atoms with Gasteiger partial charge in [0.1, 0.15) is 12.4 Å². The van der Waals surface area contributed by atoms with Crippen molar-refractivity contribution in [2.45, 2.75) is 13.0 Å². The molecule has 0 aliphatic heterocycles. The van der Waals surface area contributed by atoms with E-state index in [4.69, 9.17) is 22.1 Å². The summed E-state index contributed by atoms with van der Waals surface area (Å²) >= 11 is 5.17. The number of carboxylic acids is 1. The number of nitrogens with zero attached hydrogens (tertiary/aromatic N) is 1. The summed E-state index contributed by atoms with van der Waals surface area (Å²) in [6.45, 7) is 0.439. The van der Waals surface area contributed by atoms with E-state index < -0.39 is 11.5 Å². The molecule has 0 unspecified atom stereocenters. The van der Waals surface area contributed by atoms with E-state index >= 15 is 0 Å². The lowest BCUT2D eigenvalue weighted by atomic mass is 10.2. The fourth-order valence-electron chi connectivity index (χ4n) is 2.47. The molecular formula is C19H16N2O4S. The first kappa shape index (κ1) is 17.6. The summed E-state index contributed by atoms with van der Waals surface area (Å²) in [5, 5.41) is 8.91. The number of aromatic amines is 1. The molecule has 3 aromatic rings. The molecule has 26 heavy (non-hydrogen) atoms. The zero-order valence-electron chi connectivity index (χ0n) is 13.7. The molecule has 0 bridgehead atoms. The van der Waals surface area contributed by atoms with Crippen LogP contribution in [0.3, 0.4) is 0 Å². The second kappa shape index (κ2) is 7.79. The molecule has 0 spiro atoms. The largest absolute Gasteiger partial charge is 0.489 e. The topological polar surface area (TPSA) is 84.3 Å². The van der Waals surface area contributed by atoms with Crippen molar-refractivity contribution >= 4 is 18.2 Å². The zero-order valence-corrected chi connectivity index (χ0v) is 14.5. The van der Waals surface area contributed by atoms with Crippen molar-refractivity contribution in [1.82, 2.24) is 9.55 Å². The van der Waals surface area contributed by atoms with Crippen LogP contribution in [0.4, 0.5) is 0 Å². The van der Waals surface area contributed by atoms with Gasteiger partial charge in [-0.25, -0.2) is 0 Å². The highest BCUT2D eigenvalue weighted by molar-refractivity contribution is 7.71. The smallest absolute Gasteiger partial charge is 0.308 e. The van der Waals surface area contributed by atoms with Crippen LogP contribution in [-0.2, 0) is 17.8 Å². The van der Waals surface area contributed by atoms with Crippen molar-refractivity contribution < 1.29 is 14.6 Å². The van der Waals surface area contributed by atoms with E-state index in [2.05, 4.69) is 4.98 Å². The summed E-state index contributed by atoms with van der Waals surface area (Å²) in [6.07, 6.45) is 0.968. The lowest BCUT2D eigenvalue weighted by Gasteiger charge is -2.10. The zero-order chi connectivity index (χ0) is 18.5. The van der Waals surface area contributed by atoms with Gasteiger partial charge >= 0.3 is 5.97 Å². The highest BCUT2D eigenvalue weighted by Crippen LogP contribution is 2.16. The molecule has 0 saturated carbocycles. The summed E-state index contributed by atoms with van der Waals surface area (Å²) in [5.41, 5.74) is 1.27. The number of hydrogen-bond donors (Lipinski definition) is 2. The van der Waals surface area contributed by atoms with E-state index in [9.17, 15) is 9.59 Å². The minimum Gasteiger partial charge on any atom is -0.489 e. The molecule has 0 saturated heterocycles. The van der Waals surface area contributed by atoms with Gasteiger partial charge in [0.15, 0.2) is 4.77 Å². The molecule has 0 aliphatic carbocycles. The molecular weight excluding hydrogens is 352 g/mol. The van der Waals surface area contributed by atoms with Crippen LogP contribution in [-0.4, -0.2) is 20.6 Å². The Bertz CT molecular complexity index is 1020. The van der Waals surface area contributed by atoms with Crippen LogP contribution in [0.1, 0.15) is 11.1 Å². The fraction of sp³-hybridized carbons (Fsp3) is 0.105. The average molecular weight is 368 g/mol. The van der Waals surface area contributed by atoms with E-state index in [1.54, 1.807) is 24.3 Å². The highest BCUT2D eigenvalue weighted by Gasteiger charge is 2.10. The van der Waals surface area contributed by atoms with Crippen LogP contribution in [0.15, 0.2) is 65.6 Å². The molecule has 0 aliphatic rings. The third kappa shape index (κ3) is 4.07. The van der Waals surface area contributed by atoms with Crippen molar-refractivity contribution in [3.05, 3.63) is 87.0 Å². The Hall–Kier alpha value is -3.19. The van der Waals surface area contributed by atoms with E-state index in [1.165, 1.54) is 10.8 Å². The normalized spacial score (nSPS) is 10.5. The number of nitrogens with one attached hydrogen (secondary N) is 1. The number of rotatable bonds is 6. The van der Waals surface area contributed by atoms with Crippen molar-refractivity contribution in [2.75, 3.05) is 0 Å². The van der Waals surface area contributed by atoms with Gasteiger partial charge in [-0.2, -0.15) is 0 Å². The number of aromatic nitrogens is 2. The molecule has 2 aromatic carbocycles. The second-order valence-corrected chi connectivity index (χ2v) is 5.99. The lowest BCUT2D eigenvalue weighted by Crippen LogP contribution is -2.25. The number of hydrogen-bond acceptors (Lipinski definition) is 4. The average Bonchev–Trinajstić information content (AvgIpc) is 2.64. The number of carbonyl (C=O) groups is 1. The van der Waals surface area contributed by atoms with Gasteiger partial charge in [-0.05, 0) is 42.0 Å². The Labute approximate surface area is 154 Å². The molecule has 0 radical (unpaired) electrons. The summed E-state index contributed by atoms with van der Waals surface area (Å²) in [7, 11) is 0. The Morgan fingerprint density at radius 1 is 1.12 bits per heavy atom. The second-order valence-electron chi connectivity index (χ2n) is 5.60. The van der Waals surface area contributed by atoms with Crippen LogP contribution in [0.2, 0.25) is 0 Å². The summed E-state index contributed by atoms with van der Waals surface area (Å²) in [5.74, 6) is -0.425. The minimum atomic E-state index is -1.08. The first-order chi connectivity index (χ1) is 12.5. The Morgan fingerprint density at radius 2 is 1.81 bits per heavy atom. The van der Waals surface area contributed by atoms with E-state index in [0.29, 0.717) is 18.0 Å². The molecule has 1 aromatic heterocycles. The quantitative estimate of drug-likeness (QED) is 0.653. The van der Waals surface area contributed by atoms with Gasteiger partial charge in [-0.3, -0.25) is 14.2 Å². The number of H-pyrrole nitrogens is 1. The van der Waals surface area contributed by atoms with Crippen LogP contribution < -0.4 is 10.3 Å². The van der Waals surface area contributed by atoms with E-state index in [1.807, 2.05) is 30.3 Å². The maximum Gasteiger partial charge on any atom is 0.308 e. The van der Waals surface area contributed by atoms with Gasteiger partial charge < -0.3 is 14.8 Å². The van der Waals surface area contributed by atoms with Gasteiger partial charge in [0.25, 0.3) is 5.56 Å². The molecule has 2 N–H and O–H groups in total. The van der Waals surface area contributed by atoms with Crippen molar-refractivity contribution in [1.29, 1.82) is 0 Å². The Balaban J connectivity index is 1.83. The van der Waals surface area contributed by atoms with Gasteiger partial charge in [-0.15, -0.1) is 0 Å². The standard InChI is InChI=1S/C19H16N2O4S/c22-17(23)10-14-11-20-19(26)21(18(14)24)15-6-8-16(9-7-15)25-12-13-4-2-1-3-5-13/h1-9,11H,10,12H2,(H,20,26)(H,22,23). The maximum absolute atomic E-state index is 12.5. The number of benzene rings is 2. The predicted molar refractivity (Wildman–Crippen MR) is 99.3 cm³/mol. The minimum absolute atomic E-state index is 0.135. The first-order valence-corrected chi connectivity index (χ1v) is 8.28. The monoisotopic (exact) mass is 368 g/mol.